The summed E-state index contributed by atoms with van der Waals surface area (Å²) in [4.78, 5) is 58.3. The molecule has 174 valence electrons. The SMILES string of the molecule is O=C(O)CN(CCN(CC(=O)O)CC(=O)OC1=C(O)C(=O)O[C@@H]1[C@@H](O)CO)CC(=O)O. The number of aliphatic carboxylic acids is 3. The van der Waals surface area contributed by atoms with Crippen molar-refractivity contribution in [3.8, 4) is 0 Å². The Balaban J connectivity index is 2.83. The number of hydrogen-bond donors (Lipinski definition) is 6. The zero-order valence-corrected chi connectivity index (χ0v) is 16.0. The standard InChI is InChI=1S/C16H22N2O13/c19-7-8(20)14-15(13(28)16(29)31-14)30-12(27)6-18(5-11(25)26)2-1-17(3-9(21)22)4-10(23)24/h8,14,19-20,28H,1-7H2,(H,21,22)(H,23,24)(H,25,26)/t8-,14+/m0/s1. The molecule has 15 heteroatoms. The van der Waals surface area contributed by atoms with Gasteiger partial charge in [0.15, 0.2) is 6.10 Å². The zero-order chi connectivity index (χ0) is 23.7. The molecule has 2 atom stereocenters. The van der Waals surface area contributed by atoms with Crippen molar-refractivity contribution >= 4 is 29.8 Å². The summed E-state index contributed by atoms with van der Waals surface area (Å²) < 4.78 is 9.40. The van der Waals surface area contributed by atoms with Crippen molar-refractivity contribution in [2.24, 2.45) is 0 Å². The van der Waals surface area contributed by atoms with E-state index in [4.69, 9.17) is 25.2 Å². The van der Waals surface area contributed by atoms with Gasteiger partial charge in [-0.05, 0) is 0 Å². The Labute approximate surface area is 174 Å². The molecule has 1 aliphatic heterocycles. The predicted octanol–water partition coefficient (Wildman–Crippen LogP) is -3.56. The van der Waals surface area contributed by atoms with Gasteiger partial charge < -0.3 is 40.1 Å². The summed E-state index contributed by atoms with van der Waals surface area (Å²) in [5, 5.41) is 54.9. The molecule has 1 aliphatic rings. The molecule has 0 saturated carbocycles. The number of carboxylic acid groups (broad SMARTS) is 3. The second-order valence-corrected chi connectivity index (χ2v) is 6.37. The van der Waals surface area contributed by atoms with E-state index >= 15 is 0 Å². The third-order valence-electron chi connectivity index (χ3n) is 3.84. The highest BCUT2D eigenvalue weighted by Crippen LogP contribution is 2.25. The van der Waals surface area contributed by atoms with Gasteiger partial charge >= 0.3 is 29.8 Å². The first-order chi connectivity index (χ1) is 14.4. The average molecular weight is 450 g/mol. The van der Waals surface area contributed by atoms with Crippen molar-refractivity contribution in [3.63, 3.8) is 0 Å². The highest BCUT2D eigenvalue weighted by Gasteiger charge is 2.41. The van der Waals surface area contributed by atoms with Gasteiger partial charge in [0.05, 0.1) is 32.8 Å². The molecule has 0 aliphatic carbocycles. The summed E-state index contributed by atoms with van der Waals surface area (Å²) in [5.41, 5.74) is 0. The van der Waals surface area contributed by atoms with Crippen LogP contribution in [-0.2, 0) is 33.4 Å². The molecule has 0 fully saturated rings. The van der Waals surface area contributed by atoms with E-state index in [0.29, 0.717) is 0 Å². The van der Waals surface area contributed by atoms with Crippen LogP contribution < -0.4 is 0 Å². The average Bonchev–Trinajstić information content (AvgIpc) is 2.92. The molecule has 1 rings (SSSR count). The van der Waals surface area contributed by atoms with E-state index in [1.165, 1.54) is 0 Å². The minimum absolute atomic E-state index is 0.222. The fourth-order valence-electron chi connectivity index (χ4n) is 2.54. The van der Waals surface area contributed by atoms with Gasteiger partial charge in [0, 0.05) is 13.1 Å². The third-order valence-corrected chi connectivity index (χ3v) is 3.84. The Kier molecular flexibility index (Phi) is 9.81. The Morgan fingerprint density at radius 1 is 0.935 bits per heavy atom. The molecule has 0 aromatic heterocycles. The van der Waals surface area contributed by atoms with E-state index in [2.05, 4.69) is 4.74 Å². The maximum Gasteiger partial charge on any atom is 0.378 e. The van der Waals surface area contributed by atoms with Gasteiger partial charge in [-0.3, -0.25) is 29.0 Å². The first kappa shape index (κ1) is 25.8. The second kappa shape index (κ2) is 11.8. The molecule has 0 unspecified atom stereocenters. The van der Waals surface area contributed by atoms with Crippen LogP contribution in [0.25, 0.3) is 0 Å². The Morgan fingerprint density at radius 2 is 1.39 bits per heavy atom. The summed E-state index contributed by atoms with van der Waals surface area (Å²) >= 11 is 0. The number of ether oxygens (including phenoxy) is 2. The largest absolute Gasteiger partial charge is 0.499 e. The fourth-order valence-corrected chi connectivity index (χ4v) is 2.54. The molecular formula is C16H22N2O13. The van der Waals surface area contributed by atoms with E-state index < -0.39 is 86.4 Å². The topological polar surface area (TPSA) is 232 Å². The number of cyclic esters (lactones) is 1. The van der Waals surface area contributed by atoms with Crippen molar-refractivity contribution < 1.29 is 64.1 Å². The molecule has 6 N–H and O–H groups in total. The summed E-state index contributed by atoms with van der Waals surface area (Å²) in [7, 11) is 0. The quantitative estimate of drug-likeness (QED) is 0.141. The van der Waals surface area contributed by atoms with Crippen LogP contribution in [-0.4, -0.2) is 128 Å². The van der Waals surface area contributed by atoms with Crippen LogP contribution in [0.15, 0.2) is 11.5 Å². The lowest BCUT2D eigenvalue weighted by atomic mass is 10.2. The summed E-state index contributed by atoms with van der Waals surface area (Å²) in [6.07, 6.45) is -3.36. The number of carbonyl (C=O) groups excluding carboxylic acids is 2. The molecule has 0 bridgehead atoms. The molecule has 0 amide bonds. The van der Waals surface area contributed by atoms with Gasteiger partial charge in [0.25, 0.3) is 0 Å². The number of esters is 2. The molecular weight excluding hydrogens is 428 g/mol. The number of nitrogens with zero attached hydrogens (tertiary/aromatic N) is 2. The number of aliphatic hydroxyl groups is 3. The predicted molar refractivity (Wildman–Crippen MR) is 94.5 cm³/mol. The van der Waals surface area contributed by atoms with Crippen LogP contribution in [0.5, 0.6) is 0 Å². The van der Waals surface area contributed by atoms with Crippen molar-refractivity contribution in [3.05, 3.63) is 11.5 Å². The smallest absolute Gasteiger partial charge is 0.378 e. The minimum Gasteiger partial charge on any atom is -0.499 e. The van der Waals surface area contributed by atoms with Crippen LogP contribution in [0.4, 0.5) is 0 Å². The monoisotopic (exact) mass is 450 g/mol. The van der Waals surface area contributed by atoms with E-state index in [1.807, 2.05) is 0 Å². The summed E-state index contributed by atoms with van der Waals surface area (Å²) in [6.45, 7) is -4.05. The van der Waals surface area contributed by atoms with Crippen LogP contribution in [0.1, 0.15) is 0 Å². The number of rotatable bonds is 14. The van der Waals surface area contributed by atoms with Crippen molar-refractivity contribution in [1.82, 2.24) is 9.80 Å². The maximum absolute atomic E-state index is 12.2. The Bertz CT molecular complexity index is 734. The normalized spacial score (nSPS) is 17.0. The highest BCUT2D eigenvalue weighted by atomic mass is 16.6. The Morgan fingerprint density at radius 3 is 1.81 bits per heavy atom. The van der Waals surface area contributed by atoms with Crippen LogP contribution in [0.2, 0.25) is 0 Å². The molecule has 31 heavy (non-hydrogen) atoms. The van der Waals surface area contributed by atoms with E-state index in [0.717, 1.165) is 9.80 Å². The molecule has 15 nitrogen and oxygen atoms in total. The highest BCUT2D eigenvalue weighted by molar-refractivity contribution is 5.90. The molecule has 0 spiro atoms. The maximum atomic E-state index is 12.2. The number of carbonyl (C=O) groups is 5. The van der Waals surface area contributed by atoms with Crippen molar-refractivity contribution in [2.75, 3.05) is 45.9 Å². The van der Waals surface area contributed by atoms with Crippen LogP contribution >= 0.6 is 0 Å². The molecule has 0 saturated heterocycles. The lowest BCUT2D eigenvalue weighted by Crippen LogP contribution is -2.43. The molecule has 1 heterocycles. The van der Waals surface area contributed by atoms with Crippen molar-refractivity contribution in [2.45, 2.75) is 12.2 Å². The van der Waals surface area contributed by atoms with Crippen LogP contribution in [0, 0.1) is 0 Å². The van der Waals surface area contributed by atoms with Crippen molar-refractivity contribution in [1.29, 1.82) is 0 Å². The van der Waals surface area contributed by atoms with E-state index in [9.17, 15) is 34.2 Å². The number of aliphatic hydroxyl groups excluding tert-OH is 3. The second-order valence-electron chi connectivity index (χ2n) is 6.37. The van der Waals surface area contributed by atoms with Gasteiger partial charge in [0.2, 0.25) is 11.5 Å². The summed E-state index contributed by atoms with van der Waals surface area (Å²) in [6, 6.07) is 0. The van der Waals surface area contributed by atoms with Gasteiger partial charge in [-0.1, -0.05) is 0 Å². The number of hydrogen-bond acceptors (Lipinski definition) is 12. The molecule has 0 aromatic carbocycles. The van der Waals surface area contributed by atoms with Gasteiger partial charge in [-0.15, -0.1) is 0 Å². The van der Waals surface area contributed by atoms with Gasteiger partial charge in [0.1, 0.15) is 6.10 Å². The minimum atomic E-state index is -1.70. The summed E-state index contributed by atoms with van der Waals surface area (Å²) in [5.74, 6) is -8.32. The van der Waals surface area contributed by atoms with Gasteiger partial charge in [-0.2, -0.15) is 0 Å². The molecule has 0 radical (unpaired) electrons. The lowest BCUT2D eigenvalue weighted by molar-refractivity contribution is -0.152. The van der Waals surface area contributed by atoms with E-state index in [1.54, 1.807) is 0 Å². The number of carboxylic acids is 3. The van der Waals surface area contributed by atoms with Gasteiger partial charge in [-0.25, -0.2) is 4.79 Å². The third kappa shape index (κ3) is 8.55. The van der Waals surface area contributed by atoms with E-state index in [-0.39, 0.29) is 13.1 Å². The van der Waals surface area contributed by atoms with Crippen LogP contribution in [0.3, 0.4) is 0 Å². The Hall–Kier alpha value is -3.27. The first-order valence-electron chi connectivity index (χ1n) is 8.68. The molecule has 0 aromatic rings. The lowest BCUT2D eigenvalue weighted by Gasteiger charge is -2.24. The first-order valence-corrected chi connectivity index (χ1v) is 8.68. The zero-order valence-electron chi connectivity index (χ0n) is 16.0. The fraction of sp³-hybridized carbons (Fsp3) is 0.562.